The van der Waals surface area contributed by atoms with Crippen LogP contribution in [0.1, 0.15) is 32.6 Å². The lowest BCUT2D eigenvalue weighted by Crippen LogP contribution is -2.20. The van der Waals surface area contributed by atoms with E-state index in [4.69, 9.17) is 0 Å². The zero-order valence-electron chi connectivity index (χ0n) is 9.39. The van der Waals surface area contributed by atoms with Gasteiger partial charge in [0.25, 0.3) is 5.91 Å². The van der Waals surface area contributed by atoms with Crippen molar-refractivity contribution in [3.8, 4) is 0 Å². The lowest BCUT2D eigenvalue weighted by atomic mass is 10.1. The largest absolute Gasteiger partial charge is 0.272 e. The van der Waals surface area contributed by atoms with E-state index in [0.29, 0.717) is 12.2 Å². The zero-order valence-corrected chi connectivity index (χ0v) is 9.39. The summed E-state index contributed by atoms with van der Waals surface area (Å²) in [6.07, 6.45) is 5.23. The average Bonchev–Trinajstić information content (AvgIpc) is 2.69. The molecule has 0 saturated heterocycles. The minimum absolute atomic E-state index is 0.0183. The van der Waals surface area contributed by atoms with Gasteiger partial charge < -0.3 is 0 Å². The Bertz CT molecular complexity index is 400. The van der Waals surface area contributed by atoms with Gasteiger partial charge in [-0.2, -0.15) is 10.1 Å². The Hall–Kier alpha value is -1.71. The van der Waals surface area contributed by atoms with Crippen LogP contribution in [0.25, 0.3) is 0 Å². The fourth-order valence-electron chi connectivity index (χ4n) is 1.66. The number of carbonyl (C=O) groups excluding carboxylic acids is 1. The molecule has 1 aromatic rings. The number of nitrogens with zero attached hydrogens (tertiary/aromatic N) is 3. The van der Waals surface area contributed by atoms with Gasteiger partial charge in [0.15, 0.2) is 5.82 Å². The summed E-state index contributed by atoms with van der Waals surface area (Å²) in [5.74, 6) is 0.629. The molecule has 0 bridgehead atoms. The van der Waals surface area contributed by atoms with Gasteiger partial charge in [0, 0.05) is 11.9 Å². The molecule has 0 fully saturated rings. The summed E-state index contributed by atoms with van der Waals surface area (Å²) in [7, 11) is 0. The summed E-state index contributed by atoms with van der Waals surface area (Å²) in [5, 5.41) is 5.72. The first-order valence-electron chi connectivity index (χ1n) is 5.61. The normalized spacial score (nSPS) is 15.4. The molecule has 0 aromatic carbocycles. The van der Waals surface area contributed by atoms with Crippen LogP contribution in [0.2, 0.25) is 0 Å². The van der Waals surface area contributed by atoms with Crippen LogP contribution in [0.15, 0.2) is 29.5 Å². The van der Waals surface area contributed by atoms with Gasteiger partial charge in [-0.1, -0.05) is 19.4 Å². The lowest BCUT2D eigenvalue weighted by Gasteiger charge is -2.08. The number of hydrogen-bond acceptors (Lipinski definition) is 3. The van der Waals surface area contributed by atoms with E-state index in [2.05, 4.69) is 17.0 Å². The molecular formula is C12H15N3O. The average molecular weight is 217 g/mol. The number of pyridine rings is 1. The first-order valence-corrected chi connectivity index (χ1v) is 5.61. The van der Waals surface area contributed by atoms with Crippen LogP contribution in [0.4, 0.5) is 5.82 Å². The summed E-state index contributed by atoms with van der Waals surface area (Å²) in [6, 6.07) is 5.48. The molecule has 2 heterocycles. The quantitative estimate of drug-likeness (QED) is 0.777. The Balaban J connectivity index is 2.11. The maximum atomic E-state index is 11.7. The molecular weight excluding hydrogens is 202 g/mol. The molecule has 1 aliphatic heterocycles. The standard InChI is InChI=1S/C12H15N3O/c1-2-3-6-10-9-12(16)15(14-10)11-7-4-5-8-13-11/h4-5,7-8H,2-3,6,9H2,1H3. The van der Waals surface area contributed by atoms with Crippen LogP contribution < -0.4 is 5.01 Å². The molecule has 2 rings (SSSR count). The molecule has 1 amide bonds. The Labute approximate surface area is 95.0 Å². The molecule has 1 aliphatic rings. The maximum Gasteiger partial charge on any atom is 0.254 e. The Kier molecular flexibility index (Phi) is 3.29. The second-order valence-corrected chi connectivity index (χ2v) is 3.84. The maximum absolute atomic E-state index is 11.7. The van der Waals surface area contributed by atoms with Gasteiger partial charge >= 0.3 is 0 Å². The SMILES string of the molecule is CCCCC1=NN(c2ccccn2)C(=O)C1. The van der Waals surface area contributed by atoms with Crippen molar-refractivity contribution in [1.29, 1.82) is 0 Å². The minimum Gasteiger partial charge on any atom is -0.272 e. The highest BCUT2D eigenvalue weighted by molar-refractivity contribution is 6.12. The van der Waals surface area contributed by atoms with Crippen molar-refractivity contribution in [1.82, 2.24) is 4.98 Å². The molecule has 84 valence electrons. The number of aromatic nitrogens is 1. The van der Waals surface area contributed by atoms with Crippen molar-refractivity contribution >= 4 is 17.4 Å². The molecule has 0 N–H and O–H groups in total. The second-order valence-electron chi connectivity index (χ2n) is 3.84. The van der Waals surface area contributed by atoms with Crippen LogP contribution in [-0.4, -0.2) is 16.6 Å². The van der Waals surface area contributed by atoms with Crippen LogP contribution in [0.3, 0.4) is 0 Å². The molecule has 4 heteroatoms. The Morgan fingerprint density at radius 3 is 3.00 bits per heavy atom. The van der Waals surface area contributed by atoms with Gasteiger partial charge in [0.1, 0.15) is 0 Å². The van der Waals surface area contributed by atoms with Gasteiger partial charge in [-0.05, 0) is 25.0 Å². The van der Waals surface area contributed by atoms with Crippen molar-refractivity contribution in [2.75, 3.05) is 5.01 Å². The summed E-state index contributed by atoms with van der Waals surface area (Å²) >= 11 is 0. The highest BCUT2D eigenvalue weighted by Crippen LogP contribution is 2.19. The highest BCUT2D eigenvalue weighted by atomic mass is 16.2. The van der Waals surface area contributed by atoms with E-state index in [0.717, 1.165) is 25.0 Å². The minimum atomic E-state index is 0.0183. The number of rotatable bonds is 4. The smallest absolute Gasteiger partial charge is 0.254 e. The van der Waals surface area contributed by atoms with Crippen molar-refractivity contribution < 1.29 is 4.79 Å². The summed E-state index contributed by atoms with van der Waals surface area (Å²) in [4.78, 5) is 15.8. The van der Waals surface area contributed by atoms with Crippen LogP contribution >= 0.6 is 0 Å². The van der Waals surface area contributed by atoms with Crippen molar-refractivity contribution in [3.05, 3.63) is 24.4 Å². The van der Waals surface area contributed by atoms with Crippen LogP contribution in [-0.2, 0) is 4.79 Å². The van der Waals surface area contributed by atoms with Gasteiger partial charge in [-0.25, -0.2) is 4.98 Å². The number of unbranched alkanes of at least 4 members (excludes halogenated alkanes) is 1. The van der Waals surface area contributed by atoms with E-state index < -0.39 is 0 Å². The number of amides is 1. The Morgan fingerprint density at radius 1 is 1.44 bits per heavy atom. The van der Waals surface area contributed by atoms with Crippen molar-refractivity contribution in [3.63, 3.8) is 0 Å². The van der Waals surface area contributed by atoms with Gasteiger partial charge in [0.05, 0.1) is 6.42 Å². The predicted molar refractivity (Wildman–Crippen MR) is 63.3 cm³/mol. The van der Waals surface area contributed by atoms with E-state index >= 15 is 0 Å². The van der Waals surface area contributed by atoms with E-state index in [1.807, 2.05) is 12.1 Å². The first kappa shape index (κ1) is 10.8. The molecule has 0 aliphatic carbocycles. The van der Waals surface area contributed by atoms with Gasteiger partial charge in [-0.3, -0.25) is 4.79 Å². The monoisotopic (exact) mass is 217 g/mol. The fraction of sp³-hybridized carbons (Fsp3) is 0.417. The van der Waals surface area contributed by atoms with Gasteiger partial charge in [-0.15, -0.1) is 0 Å². The topological polar surface area (TPSA) is 45.6 Å². The number of hydrogen-bond donors (Lipinski definition) is 0. The van der Waals surface area contributed by atoms with Crippen molar-refractivity contribution in [2.45, 2.75) is 32.6 Å². The third kappa shape index (κ3) is 2.27. The van der Waals surface area contributed by atoms with E-state index in [9.17, 15) is 4.79 Å². The zero-order chi connectivity index (χ0) is 11.4. The first-order chi connectivity index (χ1) is 7.81. The number of hydrazone groups is 1. The molecule has 0 saturated carbocycles. The highest BCUT2D eigenvalue weighted by Gasteiger charge is 2.25. The second kappa shape index (κ2) is 4.88. The molecule has 1 aromatic heterocycles. The number of anilines is 1. The van der Waals surface area contributed by atoms with E-state index in [1.165, 1.54) is 5.01 Å². The molecule has 16 heavy (non-hydrogen) atoms. The van der Waals surface area contributed by atoms with Crippen LogP contribution in [0, 0.1) is 0 Å². The summed E-state index contributed by atoms with van der Waals surface area (Å²) < 4.78 is 0. The fourth-order valence-corrected chi connectivity index (χ4v) is 1.66. The molecule has 0 unspecified atom stereocenters. The summed E-state index contributed by atoms with van der Waals surface area (Å²) in [6.45, 7) is 2.13. The molecule has 4 nitrogen and oxygen atoms in total. The lowest BCUT2D eigenvalue weighted by molar-refractivity contribution is -0.116. The third-order valence-corrected chi connectivity index (χ3v) is 2.52. The van der Waals surface area contributed by atoms with E-state index in [-0.39, 0.29) is 5.91 Å². The summed E-state index contributed by atoms with van der Waals surface area (Å²) in [5.41, 5.74) is 0.970. The van der Waals surface area contributed by atoms with Crippen LogP contribution in [0.5, 0.6) is 0 Å². The molecule has 0 radical (unpaired) electrons. The predicted octanol–water partition coefficient (Wildman–Crippen LogP) is 2.36. The number of carbonyl (C=O) groups is 1. The Morgan fingerprint density at radius 2 is 2.31 bits per heavy atom. The molecule has 0 atom stereocenters. The molecule has 0 spiro atoms. The third-order valence-electron chi connectivity index (χ3n) is 2.52. The van der Waals surface area contributed by atoms with Crippen molar-refractivity contribution in [2.24, 2.45) is 5.10 Å². The van der Waals surface area contributed by atoms with E-state index in [1.54, 1.807) is 12.3 Å². The van der Waals surface area contributed by atoms with Gasteiger partial charge in [0.2, 0.25) is 0 Å².